The van der Waals surface area contributed by atoms with Crippen LogP contribution in [-0.4, -0.2) is 63.9 Å². The molecule has 0 spiro atoms. The molecule has 8 heteroatoms. The molecule has 8 nitrogen and oxygen atoms in total. The van der Waals surface area contributed by atoms with E-state index in [0.717, 1.165) is 12.0 Å². The number of ketones is 2. The third kappa shape index (κ3) is 3.10. The van der Waals surface area contributed by atoms with E-state index in [-0.39, 0.29) is 49.4 Å². The number of carbonyl (C=O) groups is 3. The molecule has 0 saturated heterocycles. The van der Waals surface area contributed by atoms with Crippen LogP contribution in [0.1, 0.15) is 59.3 Å². The molecular weight excluding hydrogens is 414 g/mol. The number of alkyl carbamates (subject to hydrolysis) is 1. The van der Waals surface area contributed by atoms with Gasteiger partial charge in [0.2, 0.25) is 0 Å². The predicted octanol–water partition coefficient (Wildman–Crippen LogP) is 1.51. The summed E-state index contributed by atoms with van der Waals surface area (Å²) in [5.41, 5.74) is -2.18. The number of hydrogen-bond acceptors (Lipinski definition) is 7. The maximum absolute atomic E-state index is 12.5. The first-order valence-electron chi connectivity index (χ1n) is 11.7. The van der Waals surface area contributed by atoms with E-state index in [4.69, 9.17) is 4.74 Å². The second-order valence-electron chi connectivity index (χ2n) is 10.5. The van der Waals surface area contributed by atoms with E-state index >= 15 is 0 Å². The zero-order valence-electron chi connectivity index (χ0n) is 19.1. The molecule has 0 heterocycles. The van der Waals surface area contributed by atoms with Crippen molar-refractivity contribution in [3.05, 3.63) is 11.6 Å². The Hall–Kier alpha value is -1.77. The van der Waals surface area contributed by atoms with Gasteiger partial charge in [0.25, 0.3) is 0 Å². The first-order valence-corrected chi connectivity index (χ1v) is 11.7. The molecule has 0 aliphatic heterocycles. The highest BCUT2D eigenvalue weighted by Crippen LogP contribution is 2.67. The van der Waals surface area contributed by atoms with Gasteiger partial charge in [0.1, 0.15) is 12.2 Å². The number of rotatable bonds is 4. The van der Waals surface area contributed by atoms with Crippen molar-refractivity contribution in [1.82, 2.24) is 5.32 Å². The Morgan fingerprint density at radius 1 is 1.28 bits per heavy atom. The molecule has 1 amide bonds. The standard InChI is InChI=1S/C24H35NO7/c1-4-32-21(30)25-18-10-14(27)9-13-5-6-15-16-7-8-24(31,19(29)12-26)22(16,2)11-17(28)20(15)23(13,18)3/h9,15-18,20,26,28,31H,4-8,10-12H2,1-3H3,(H,25,30)/t15-,16-,17-,18?,20+,22-,23+,24-/m0/s1. The zero-order valence-corrected chi connectivity index (χ0v) is 19.1. The van der Waals surface area contributed by atoms with Crippen LogP contribution >= 0.6 is 0 Å². The molecular formula is C24H35NO7. The Morgan fingerprint density at radius 2 is 2.00 bits per heavy atom. The summed E-state index contributed by atoms with van der Waals surface area (Å²) in [6.07, 6.45) is 2.96. The molecule has 1 unspecified atom stereocenters. The van der Waals surface area contributed by atoms with Crippen LogP contribution in [0.2, 0.25) is 0 Å². The molecule has 3 fully saturated rings. The quantitative estimate of drug-likeness (QED) is 0.511. The number of aliphatic hydroxyl groups is 3. The molecule has 32 heavy (non-hydrogen) atoms. The highest BCUT2D eigenvalue weighted by Gasteiger charge is 2.69. The van der Waals surface area contributed by atoms with Gasteiger partial charge < -0.3 is 25.4 Å². The summed E-state index contributed by atoms with van der Waals surface area (Å²) in [4.78, 5) is 37.3. The maximum atomic E-state index is 12.5. The normalized spacial score (nSPS) is 45.2. The van der Waals surface area contributed by atoms with Crippen LogP contribution in [-0.2, 0) is 14.3 Å². The second kappa shape index (κ2) is 7.92. The molecule has 178 valence electrons. The molecule has 4 aliphatic carbocycles. The molecule has 0 bridgehead atoms. The fourth-order valence-corrected chi connectivity index (χ4v) is 7.86. The first-order chi connectivity index (χ1) is 15.0. The van der Waals surface area contributed by atoms with Crippen molar-refractivity contribution in [2.24, 2.45) is 28.6 Å². The van der Waals surface area contributed by atoms with Crippen LogP contribution < -0.4 is 5.32 Å². The summed E-state index contributed by atoms with van der Waals surface area (Å²) < 4.78 is 5.08. The van der Waals surface area contributed by atoms with Gasteiger partial charge in [-0.3, -0.25) is 9.59 Å². The Bertz CT molecular complexity index is 855. The van der Waals surface area contributed by atoms with Gasteiger partial charge in [0.05, 0.1) is 12.7 Å². The minimum atomic E-state index is -1.65. The summed E-state index contributed by atoms with van der Waals surface area (Å²) in [6.45, 7) is 5.10. The van der Waals surface area contributed by atoms with Gasteiger partial charge >= 0.3 is 6.09 Å². The van der Waals surface area contributed by atoms with Crippen molar-refractivity contribution in [2.45, 2.75) is 77.0 Å². The maximum Gasteiger partial charge on any atom is 0.407 e. The van der Waals surface area contributed by atoms with Crippen LogP contribution in [0.3, 0.4) is 0 Å². The van der Waals surface area contributed by atoms with Crippen LogP contribution in [0.5, 0.6) is 0 Å². The van der Waals surface area contributed by atoms with Crippen LogP contribution in [0, 0.1) is 28.6 Å². The van der Waals surface area contributed by atoms with Crippen LogP contribution in [0.15, 0.2) is 11.6 Å². The van der Waals surface area contributed by atoms with E-state index < -0.39 is 47.1 Å². The minimum absolute atomic E-state index is 0.00403. The van der Waals surface area contributed by atoms with Crippen molar-refractivity contribution < 1.29 is 34.4 Å². The van der Waals surface area contributed by atoms with Crippen molar-refractivity contribution in [2.75, 3.05) is 13.2 Å². The fraction of sp³-hybridized carbons (Fsp3) is 0.792. The van der Waals surface area contributed by atoms with Gasteiger partial charge in [-0.2, -0.15) is 0 Å². The van der Waals surface area contributed by atoms with E-state index in [9.17, 15) is 29.7 Å². The third-order valence-corrected chi connectivity index (χ3v) is 9.37. The number of ether oxygens (including phenoxy) is 1. The van der Waals surface area contributed by atoms with Crippen molar-refractivity contribution in [3.8, 4) is 0 Å². The molecule has 4 N–H and O–H groups in total. The lowest BCUT2D eigenvalue weighted by Gasteiger charge is -2.62. The van der Waals surface area contributed by atoms with Gasteiger partial charge in [-0.05, 0) is 62.9 Å². The molecule has 4 rings (SSSR count). The second-order valence-corrected chi connectivity index (χ2v) is 10.5. The molecule has 3 saturated carbocycles. The van der Waals surface area contributed by atoms with Gasteiger partial charge in [-0.25, -0.2) is 4.79 Å². The van der Waals surface area contributed by atoms with E-state index in [0.29, 0.717) is 12.8 Å². The van der Waals surface area contributed by atoms with E-state index in [1.807, 2.05) is 13.8 Å². The fourth-order valence-electron chi connectivity index (χ4n) is 7.86. The number of aliphatic hydroxyl groups excluding tert-OH is 2. The lowest BCUT2D eigenvalue weighted by Crippen LogP contribution is -2.65. The Balaban J connectivity index is 1.73. The van der Waals surface area contributed by atoms with Crippen molar-refractivity contribution in [3.63, 3.8) is 0 Å². The highest BCUT2D eigenvalue weighted by molar-refractivity contribution is 5.93. The molecule has 0 aromatic heterocycles. The van der Waals surface area contributed by atoms with Gasteiger partial charge in [0, 0.05) is 23.3 Å². The van der Waals surface area contributed by atoms with E-state index in [1.165, 1.54) is 0 Å². The van der Waals surface area contributed by atoms with E-state index in [1.54, 1.807) is 13.0 Å². The van der Waals surface area contributed by atoms with Crippen LogP contribution in [0.4, 0.5) is 4.79 Å². The molecule has 0 aromatic carbocycles. The largest absolute Gasteiger partial charge is 0.450 e. The lowest BCUT2D eigenvalue weighted by molar-refractivity contribution is -0.184. The first kappa shape index (κ1) is 23.4. The van der Waals surface area contributed by atoms with Crippen LogP contribution in [0.25, 0.3) is 0 Å². The Morgan fingerprint density at radius 3 is 2.66 bits per heavy atom. The Kier molecular flexibility index (Phi) is 5.79. The highest BCUT2D eigenvalue weighted by atomic mass is 16.5. The van der Waals surface area contributed by atoms with E-state index in [2.05, 4.69) is 5.32 Å². The van der Waals surface area contributed by atoms with Gasteiger partial charge in [-0.15, -0.1) is 0 Å². The van der Waals surface area contributed by atoms with Gasteiger partial charge in [0.15, 0.2) is 11.6 Å². The number of hydrogen-bond donors (Lipinski definition) is 4. The summed E-state index contributed by atoms with van der Waals surface area (Å²) in [7, 11) is 0. The SMILES string of the molecule is CCOC(=O)NC1CC(=O)C=C2CC[C@@H]3[C@H]([C@@H](O)C[C@@]4(C)[C@H]3CC[C@]4(O)C(=O)CO)[C@]21C. The summed E-state index contributed by atoms with van der Waals surface area (Å²) in [6, 6.07) is -0.500. The minimum Gasteiger partial charge on any atom is -0.450 e. The topological polar surface area (TPSA) is 133 Å². The van der Waals surface area contributed by atoms with Crippen molar-refractivity contribution >= 4 is 17.7 Å². The third-order valence-electron chi connectivity index (χ3n) is 9.37. The zero-order chi connectivity index (χ0) is 23.5. The number of amides is 1. The monoisotopic (exact) mass is 449 g/mol. The molecule has 0 radical (unpaired) electrons. The number of fused-ring (bicyclic) bond motifs is 5. The van der Waals surface area contributed by atoms with Gasteiger partial charge in [-0.1, -0.05) is 19.4 Å². The average molecular weight is 450 g/mol. The lowest BCUT2D eigenvalue weighted by atomic mass is 9.44. The predicted molar refractivity (Wildman–Crippen MR) is 114 cm³/mol. The Labute approximate surface area is 188 Å². The molecule has 4 aliphatic rings. The molecule has 8 atom stereocenters. The summed E-state index contributed by atoms with van der Waals surface area (Å²) in [5.74, 6) is -0.841. The number of Topliss-reactive ketones (excluding diaryl/α,β-unsaturated/α-hetero) is 1. The number of nitrogens with one attached hydrogen (secondary N) is 1. The average Bonchev–Trinajstić information content (AvgIpc) is 2.99. The summed E-state index contributed by atoms with van der Waals surface area (Å²) >= 11 is 0. The smallest absolute Gasteiger partial charge is 0.407 e. The molecule has 0 aromatic rings. The summed E-state index contributed by atoms with van der Waals surface area (Å²) in [5, 5.41) is 35.2. The van der Waals surface area contributed by atoms with Crippen molar-refractivity contribution in [1.29, 1.82) is 0 Å². The number of carbonyl (C=O) groups excluding carboxylic acids is 3.